The molecular weight excluding hydrogens is 258 g/mol. The minimum absolute atomic E-state index is 0.104. The molecule has 0 aliphatic carbocycles. The van der Waals surface area contributed by atoms with Gasteiger partial charge in [0.1, 0.15) is 0 Å². The monoisotopic (exact) mass is 277 g/mol. The summed E-state index contributed by atoms with van der Waals surface area (Å²) in [6.45, 7) is 4.21. The van der Waals surface area contributed by atoms with Gasteiger partial charge in [-0.1, -0.05) is 56.3 Å². The summed E-state index contributed by atoms with van der Waals surface area (Å²) < 4.78 is 0. The van der Waals surface area contributed by atoms with Crippen LogP contribution in [0.5, 0.6) is 0 Å². The predicted octanol–water partition coefficient (Wildman–Crippen LogP) is 4.52. The Hall–Kier alpha value is -2.35. The molecule has 3 aromatic rings. The number of hydrogen-bond donors (Lipinski definition) is 1. The first-order valence-corrected chi connectivity index (χ1v) is 7.47. The van der Waals surface area contributed by atoms with Gasteiger partial charge in [0.2, 0.25) is 0 Å². The molecule has 0 amide bonds. The Morgan fingerprint density at radius 3 is 2.38 bits per heavy atom. The number of aromatic amines is 1. The van der Waals surface area contributed by atoms with Crippen LogP contribution in [0.15, 0.2) is 48.7 Å². The maximum absolute atomic E-state index is 12.9. The lowest BCUT2D eigenvalue weighted by molar-refractivity contribution is 0.103. The number of H-pyrrole nitrogens is 1. The van der Waals surface area contributed by atoms with Crippen LogP contribution in [0.3, 0.4) is 0 Å². The van der Waals surface area contributed by atoms with Gasteiger partial charge in [0.15, 0.2) is 5.78 Å². The molecule has 2 aromatic carbocycles. The molecule has 1 heterocycles. The first kappa shape index (κ1) is 13.6. The topological polar surface area (TPSA) is 32.9 Å². The van der Waals surface area contributed by atoms with Crippen molar-refractivity contribution in [2.45, 2.75) is 26.7 Å². The molecule has 0 unspecified atom stereocenters. The zero-order chi connectivity index (χ0) is 14.8. The molecule has 0 aliphatic heterocycles. The van der Waals surface area contributed by atoms with E-state index in [9.17, 15) is 4.79 Å². The van der Waals surface area contributed by atoms with Crippen LogP contribution in [0.1, 0.15) is 40.9 Å². The standard InChI is InChI=1S/C19H19NO/c1-3-13-8-5-6-10-15(13)19(21)17-12-20-18-14(4-2)9-7-11-16(17)18/h5-12,20H,3-4H2,1-2H3. The molecule has 0 atom stereocenters. The molecule has 106 valence electrons. The van der Waals surface area contributed by atoms with Crippen LogP contribution in [-0.2, 0) is 12.8 Å². The van der Waals surface area contributed by atoms with E-state index in [0.717, 1.165) is 40.4 Å². The Balaban J connectivity index is 2.14. The fourth-order valence-electron chi connectivity index (χ4n) is 2.89. The average molecular weight is 277 g/mol. The molecule has 3 rings (SSSR count). The number of para-hydroxylation sites is 1. The van der Waals surface area contributed by atoms with Crippen LogP contribution in [0, 0.1) is 0 Å². The molecule has 1 N–H and O–H groups in total. The van der Waals surface area contributed by atoms with Crippen molar-refractivity contribution < 1.29 is 4.79 Å². The second-order valence-corrected chi connectivity index (χ2v) is 5.24. The second-order valence-electron chi connectivity index (χ2n) is 5.24. The van der Waals surface area contributed by atoms with E-state index in [1.807, 2.05) is 42.6 Å². The SMILES string of the molecule is CCc1ccccc1C(=O)c1c[nH]c2c(CC)cccc12. The van der Waals surface area contributed by atoms with Gasteiger partial charge in [0.05, 0.1) is 0 Å². The molecule has 0 fully saturated rings. The van der Waals surface area contributed by atoms with E-state index in [-0.39, 0.29) is 5.78 Å². The maximum Gasteiger partial charge on any atom is 0.195 e. The zero-order valence-electron chi connectivity index (χ0n) is 12.4. The number of fused-ring (bicyclic) bond motifs is 1. The zero-order valence-corrected chi connectivity index (χ0v) is 12.4. The summed E-state index contributed by atoms with van der Waals surface area (Å²) in [5.74, 6) is 0.104. The summed E-state index contributed by atoms with van der Waals surface area (Å²) in [5, 5.41) is 1.02. The fourth-order valence-corrected chi connectivity index (χ4v) is 2.89. The highest BCUT2D eigenvalue weighted by Crippen LogP contribution is 2.25. The number of ketones is 1. The summed E-state index contributed by atoms with van der Waals surface area (Å²) >= 11 is 0. The van der Waals surface area contributed by atoms with Gasteiger partial charge in [0, 0.05) is 28.2 Å². The minimum Gasteiger partial charge on any atom is -0.360 e. The maximum atomic E-state index is 12.9. The lowest BCUT2D eigenvalue weighted by Gasteiger charge is -2.06. The van der Waals surface area contributed by atoms with Crippen molar-refractivity contribution in [3.8, 4) is 0 Å². The third kappa shape index (κ3) is 2.27. The van der Waals surface area contributed by atoms with E-state index < -0.39 is 0 Å². The normalized spacial score (nSPS) is 11.0. The van der Waals surface area contributed by atoms with E-state index in [0.29, 0.717) is 0 Å². The minimum atomic E-state index is 0.104. The van der Waals surface area contributed by atoms with Gasteiger partial charge in [-0.2, -0.15) is 0 Å². The second kappa shape index (κ2) is 5.57. The summed E-state index contributed by atoms with van der Waals surface area (Å²) in [6.07, 6.45) is 3.67. The molecule has 2 nitrogen and oxygen atoms in total. The molecule has 0 radical (unpaired) electrons. The number of carbonyl (C=O) groups is 1. The molecule has 0 aliphatic rings. The lowest BCUT2D eigenvalue weighted by Crippen LogP contribution is -2.04. The van der Waals surface area contributed by atoms with Gasteiger partial charge >= 0.3 is 0 Å². The van der Waals surface area contributed by atoms with Crippen LogP contribution in [0.25, 0.3) is 10.9 Å². The van der Waals surface area contributed by atoms with E-state index in [1.54, 1.807) is 0 Å². The van der Waals surface area contributed by atoms with Crippen molar-refractivity contribution in [1.29, 1.82) is 0 Å². The molecule has 1 aromatic heterocycles. The van der Waals surface area contributed by atoms with Crippen molar-refractivity contribution in [2.24, 2.45) is 0 Å². The first-order valence-electron chi connectivity index (χ1n) is 7.47. The molecule has 0 spiro atoms. The molecule has 0 saturated heterocycles. The third-order valence-electron chi connectivity index (χ3n) is 4.07. The van der Waals surface area contributed by atoms with Crippen LogP contribution in [0.2, 0.25) is 0 Å². The predicted molar refractivity (Wildman–Crippen MR) is 86.9 cm³/mol. The van der Waals surface area contributed by atoms with Crippen molar-refractivity contribution in [1.82, 2.24) is 4.98 Å². The van der Waals surface area contributed by atoms with Crippen LogP contribution < -0.4 is 0 Å². The van der Waals surface area contributed by atoms with Crippen molar-refractivity contribution in [2.75, 3.05) is 0 Å². The van der Waals surface area contributed by atoms with Crippen LogP contribution in [-0.4, -0.2) is 10.8 Å². The highest BCUT2D eigenvalue weighted by Gasteiger charge is 2.17. The Bertz CT molecular complexity index is 798. The Morgan fingerprint density at radius 2 is 1.62 bits per heavy atom. The van der Waals surface area contributed by atoms with Gasteiger partial charge < -0.3 is 4.98 Å². The number of carbonyl (C=O) groups excluding carboxylic acids is 1. The molecular formula is C19H19NO. The number of hydrogen-bond acceptors (Lipinski definition) is 1. The van der Waals surface area contributed by atoms with Gasteiger partial charge in [-0.05, 0) is 24.0 Å². The highest BCUT2D eigenvalue weighted by molar-refractivity contribution is 6.17. The lowest BCUT2D eigenvalue weighted by atomic mass is 9.96. The highest BCUT2D eigenvalue weighted by atomic mass is 16.1. The smallest absolute Gasteiger partial charge is 0.195 e. The van der Waals surface area contributed by atoms with Gasteiger partial charge in [-0.25, -0.2) is 0 Å². The molecule has 21 heavy (non-hydrogen) atoms. The largest absolute Gasteiger partial charge is 0.360 e. The van der Waals surface area contributed by atoms with Gasteiger partial charge in [-0.3, -0.25) is 4.79 Å². The van der Waals surface area contributed by atoms with Crippen molar-refractivity contribution >= 4 is 16.7 Å². The fraction of sp³-hybridized carbons (Fsp3) is 0.211. The van der Waals surface area contributed by atoms with E-state index >= 15 is 0 Å². The molecule has 0 bridgehead atoms. The summed E-state index contributed by atoms with van der Waals surface area (Å²) in [6, 6.07) is 14.0. The Morgan fingerprint density at radius 1 is 0.905 bits per heavy atom. The molecule has 0 saturated carbocycles. The van der Waals surface area contributed by atoms with Gasteiger partial charge in [0.25, 0.3) is 0 Å². The van der Waals surface area contributed by atoms with E-state index in [1.165, 1.54) is 5.56 Å². The quantitative estimate of drug-likeness (QED) is 0.698. The van der Waals surface area contributed by atoms with E-state index in [2.05, 4.69) is 24.9 Å². The van der Waals surface area contributed by atoms with E-state index in [4.69, 9.17) is 0 Å². The molecule has 2 heteroatoms. The van der Waals surface area contributed by atoms with Crippen molar-refractivity contribution in [3.63, 3.8) is 0 Å². The van der Waals surface area contributed by atoms with Crippen LogP contribution >= 0.6 is 0 Å². The number of aromatic nitrogens is 1. The first-order chi connectivity index (χ1) is 10.3. The summed E-state index contributed by atoms with van der Waals surface area (Å²) in [7, 11) is 0. The third-order valence-corrected chi connectivity index (χ3v) is 4.07. The Kier molecular flexibility index (Phi) is 3.61. The summed E-state index contributed by atoms with van der Waals surface area (Å²) in [5.41, 5.74) is 5.00. The average Bonchev–Trinajstić information content (AvgIpc) is 2.98. The van der Waals surface area contributed by atoms with Gasteiger partial charge in [-0.15, -0.1) is 0 Å². The van der Waals surface area contributed by atoms with Crippen LogP contribution in [0.4, 0.5) is 0 Å². The number of nitrogens with one attached hydrogen (secondary N) is 1. The Labute approximate surface area is 124 Å². The van der Waals surface area contributed by atoms with Crippen molar-refractivity contribution in [3.05, 3.63) is 70.9 Å². The number of aryl methyl sites for hydroxylation is 2. The number of rotatable bonds is 4. The summed E-state index contributed by atoms with van der Waals surface area (Å²) in [4.78, 5) is 16.2. The number of benzene rings is 2.